The van der Waals surface area contributed by atoms with E-state index in [1.54, 1.807) is 6.07 Å². The van der Waals surface area contributed by atoms with Gasteiger partial charge >= 0.3 is 5.97 Å². The van der Waals surface area contributed by atoms with Crippen LogP contribution in [0, 0.1) is 0 Å². The van der Waals surface area contributed by atoms with Crippen molar-refractivity contribution in [3.63, 3.8) is 0 Å². The van der Waals surface area contributed by atoms with E-state index in [-0.39, 0.29) is 5.97 Å². The predicted octanol–water partition coefficient (Wildman–Crippen LogP) is 2.45. The van der Waals surface area contributed by atoms with Gasteiger partial charge in [-0.1, -0.05) is 6.07 Å². The monoisotopic (exact) mass is 249 g/mol. The summed E-state index contributed by atoms with van der Waals surface area (Å²) in [4.78, 5) is 11.6. The number of esters is 1. The van der Waals surface area contributed by atoms with Gasteiger partial charge in [-0.3, -0.25) is 0 Å². The van der Waals surface area contributed by atoms with Crippen LogP contribution in [0.1, 0.15) is 30.1 Å². The fourth-order valence-corrected chi connectivity index (χ4v) is 2.03. The topological polar surface area (TPSA) is 47.6 Å². The van der Waals surface area contributed by atoms with Crippen LogP contribution in [0.4, 0.5) is 5.69 Å². The van der Waals surface area contributed by atoms with Crippen molar-refractivity contribution < 1.29 is 14.3 Å². The Balaban J connectivity index is 2.00. The first-order chi connectivity index (χ1) is 8.79. The van der Waals surface area contributed by atoms with Crippen molar-refractivity contribution in [2.75, 3.05) is 25.1 Å². The number of carbonyl (C=O) groups excluding carboxylic acids is 1. The third kappa shape index (κ3) is 3.47. The molecule has 1 aromatic carbocycles. The number of hydrogen-bond acceptors (Lipinski definition) is 4. The first-order valence-electron chi connectivity index (χ1n) is 6.41. The molecule has 0 atom stereocenters. The lowest BCUT2D eigenvalue weighted by Gasteiger charge is -2.24. The van der Waals surface area contributed by atoms with Gasteiger partial charge in [-0.2, -0.15) is 0 Å². The molecule has 0 bridgehead atoms. The number of rotatable bonds is 4. The van der Waals surface area contributed by atoms with Crippen LogP contribution in [0.15, 0.2) is 24.3 Å². The Morgan fingerprint density at radius 2 is 2.22 bits per heavy atom. The molecule has 18 heavy (non-hydrogen) atoms. The number of anilines is 1. The minimum Gasteiger partial charge on any atom is -0.462 e. The SMILES string of the molecule is CCOC(=O)c1cccc(NC2CCOCC2)c1. The van der Waals surface area contributed by atoms with Gasteiger partial charge in [-0.05, 0) is 38.0 Å². The van der Waals surface area contributed by atoms with Crippen LogP contribution in [0.3, 0.4) is 0 Å². The van der Waals surface area contributed by atoms with E-state index in [2.05, 4.69) is 5.32 Å². The molecule has 0 saturated carbocycles. The van der Waals surface area contributed by atoms with Crippen molar-refractivity contribution in [2.45, 2.75) is 25.8 Å². The van der Waals surface area contributed by atoms with Crippen LogP contribution in [-0.2, 0) is 9.47 Å². The molecule has 1 aliphatic rings. The Bertz CT molecular complexity index is 400. The highest BCUT2D eigenvalue weighted by atomic mass is 16.5. The maximum atomic E-state index is 11.6. The standard InChI is InChI=1S/C14H19NO3/c1-2-18-14(16)11-4-3-5-13(10-11)15-12-6-8-17-9-7-12/h3-5,10,12,15H,2,6-9H2,1H3. The normalized spacial score (nSPS) is 16.3. The minimum absolute atomic E-state index is 0.270. The fourth-order valence-electron chi connectivity index (χ4n) is 2.03. The summed E-state index contributed by atoms with van der Waals surface area (Å²) in [7, 11) is 0. The first kappa shape index (κ1) is 12.9. The van der Waals surface area contributed by atoms with E-state index >= 15 is 0 Å². The van der Waals surface area contributed by atoms with Gasteiger partial charge in [0.15, 0.2) is 0 Å². The van der Waals surface area contributed by atoms with Crippen molar-refractivity contribution in [1.82, 2.24) is 0 Å². The van der Waals surface area contributed by atoms with Crippen molar-refractivity contribution in [3.05, 3.63) is 29.8 Å². The van der Waals surface area contributed by atoms with Crippen LogP contribution in [-0.4, -0.2) is 31.8 Å². The molecule has 0 unspecified atom stereocenters. The van der Waals surface area contributed by atoms with Crippen LogP contribution >= 0.6 is 0 Å². The molecule has 4 nitrogen and oxygen atoms in total. The van der Waals surface area contributed by atoms with Crippen molar-refractivity contribution >= 4 is 11.7 Å². The summed E-state index contributed by atoms with van der Waals surface area (Å²) in [6.07, 6.45) is 2.01. The van der Waals surface area contributed by atoms with Gasteiger partial charge in [-0.15, -0.1) is 0 Å². The van der Waals surface area contributed by atoms with E-state index < -0.39 is 0 Å². The van der Waals surface area contributed by atoms with Crippen LogP contribution in [0.5, 0.6) is 0 Å². The summed E-state index contributed by atoms with van der Waals surface area (Å²) in [5, 5.41) is 3.43. The van der Waals surface area contributed by atoms with Gasteiger partial charge in [0.2, 0.25) is 0 Å². The molecule has 1 aliphatic heterocycles. The van der Waals surface area contributed by atoms with Gasteiger partial charge in [-0.25, -0.2) is 4.79 Å². The lowest BCUT2D eigenvalue weighted by Crippen LogP contribution is -2.27. The molecule has 1 saturated heterocycles. The highest BCUT2D eigenvalue weighted by Crippen LogP contribution is 2.17. The average molecular weight is 249 g/mol. The van der Waals surface area contributed by atoms with E-state index in [1.807, 2.05) is 25.1 Å². The Morgan fingerprint density at radius 3 is 2.94 bits per heavy atom. The van der Waals surface area contributed by atoms with Crippen LogP contribution < -0.4 is 5.32 Å². The smallest absolute Gasteiger partial charge is 0.338 e. The van der Waals surface area contributed by atoms with Crippen molar-refractivity contribution in [2.24, 2.45) is 0 Å². The van der Waals surface area contributed by atoms with Crippen molar-refractivity contribution in [1.29, 1.82) is 0 Å². The Kier molecular flexibility index (Phi) is 4.59. The van der Waals surface area contributed by atoms with Gasteiger partial charge < -0.3 is 14.8 Å². The summed E-state index contributed by atoms with van der Waals surface area (Å²) in [6.45, 7) is 3.81. The zero-order valence-corrected chi connectivity index (χ0v) is 10.6. The highest BCUT2D eigenvalue weighted by molar-refractivity contribution is 5.90. The third-order valence-corrected chi connectivity index (χ3v) is 2.97. The summed E-state index contributed by atoms with van der Waals surface area (Å²) >= 11 is 0. The lowest BCUT2D eigenvalue weighted by molar-refractivity contribution is 0.0526. The highest BCUT2D eigenvalue weighted by Gasteiger charge is 2.14. The summed E-state index contributed by atoms with van der Waals surface area (Å²) in [5.41, 5.74) is 1.56. The summed E-state index contributed by atoms with van der Waals surface area (Å²) < 4.78 is 10.3. The number of ether oxygens (including phenoxy) is 2. The summed E-state index contributed by atoms with van der Waals surface area (Å²) in [6, 6.07) is 7.88. The maximum Gasteiger partial charge on any atom is 0.338 e. The number of benzene rings is 1. The first-order valence-corrected chi connectivity index (χ1v) is 6.41. The zero-order valence-electron chi connectivity index (χ0n) is 10.6. The molecule has 0 spiro atoms. The Hall–Kier alpha value is -1.55. The minimum atomic E-state index is -0.270. The Labute approximate surface area is 107 Å². The molecule has 1 aromatic rings. The molecular formula is C14H19NO3. The van der Waals surface area contributed by atoms with E-state index in [0.29, 0.717) is 18.2 Å². The van der Waals surface area contributed by atoms with Gasteiger partial charge in [0.1, 0.15) is 0 Å². The van der Waals surface area contributed by atoms with Crippen molar-refractivity contribution in [3.8, 4) is 0 Å². The second-order valence-corrected chi connectivity index (χ2v) is 4.33. The lowest BCUT2D eigenvalue weighted by atomic mass is 10.1. The number of nitrogens with one attached hydrogen (secondary N) is 1. The third-order valence-electron chi connectivity index (χ3n) is 2.97. The van der Waals surface area contributed by atoms with E-state index in [9.17, 15) is 4.79 Å². The quantitative estimate of drug-likeness (QED) is 0.833. The number of carbonyl (C=O) groups is 1. The molecule has 0 radical (unpaired) electrons. The van der Waals surface area contributed by atoms with E-state index in [0.717, 1.165) is 31.7 Å². The van der Waals surface area contributed by atoms with E-state index in [4.69, 9.17) is 9.47 Å². The number of hydrogen-bond donors (Lipinski definition) is 1. The maximum absolute atomic E-state index is 11.6. The van der Waals surface area contributed by atoms with Gasteiger partial charge in [0.05, 0.1) is 12.2 Å². The van der Waals surface area contributed by atoms with Crippen LogP contribution in [0.2, 0.25) is 0 Å². The molecule has 98 valence electrons. The molecule has 1 N–H and O–H groups in total. The molecule has 1 fully saturated rings. The van der Waals surface area contributed by atoms with Crippen LogP contribution in [0.25, 0.3) is 0 Å². The largest absolute Gasteiger partial charge is 0.462 e. The second-order valence-electron chi connectivity index (χ2n) is 4.33. The summed E-state index contributed by atoms with van der Waals surface area (Å²) in [5.74, 6) is -0.270. The predicted molar refractivity (Wildman–Crippen MR) is 69.9 cm³/mol. The molecule has 2 rings (SSSR count). The molecule has 0 aliphatic carbocycles. The van der Waals surface area contributed by atoms with Gasteiger partial charge in [0.25, 0.3) is 0 Å². The molecule has 0 aromatic heterocycles. The van der Waals surface area contributed by atoms with E-state index in [1.165, 1.54) is 0 Å². The fraction of sp³-hybridized carbons (Fsp3) is 0.500. The molecule has 1 heterocycles. The Morgan fingerprint density at radius 1 is 1.44 bits per heavy atom. The average Bonchev–Trinajstić information content (AvgIpc) is 2.40. The van der Waals surface area contributed by atoms with Gasteiger partial charge in [0, 0.05) is 24.9 Å². The molecule has 4 heteroatoms. The molecule has 0 amide bonds. The molecular weight excluding hydrogens is 230 g/mol. The zero-order chi connectivity index (χ0) is 12.8. The second kappa shape index (κ2) is 6.40.